The molecule has 0 aliphatic rings. The maximum atomic E-state index is 13.2. The smallest absolute Gasteiger partial charge is 0.254 e. The van der Waals surface area contributed by atoms with Gasteiger partial charge in [-0.1, -0.05) is 13.8 Å². The SMILES string of the molecule is CC(C)C(Cl)CNC(=O)c1ccncc1F. The molecule has 0 bridgehead atoms. The first kappa shape index (κ1) is 12.9. The molecule has 0 aliphatic carbocycles. The largest absolute Gasteiger partial charge is 0.350 e. The fourth-order valence-corrected chi connectivity index (χ4v) is 1.16. The second-order valence-electron chi connectivity index (χ2n) is 3.83. The molecule has 0 radical (unpaired) electrons. The van der Waals surface area contributed by atoms with Crippen molar-refractivity contribution in [3.63, 3.8) is 0 Å². The van der Waals surface area contributed by atoms with Gasteiger partial charge in [0.05, 0.1) is 17.1 Å². The lowest BCUT2D eigenvalue weighted by Gasteiger charge is -2.14. The normalized spacial score (nSPS) is 12.6. The number of amides is 1. The van der Waals surface area contributed by atoms with E-state index in [2.05, 4.69) is 10.3 Å². The number of alkyl halides is 1. The summed E-state index contributed by atoms with van der Waals surface area (Å²) in [5.41, 5.74) is -0.0115. The van der Waals surface area contributed by atoms with E-state index in [-0.39, 0.29) is 16.9 Å². The number of carbonyl (C=O) groups is 1. The molecule has 1 heterocycles. The van der Waals surface area contributed by atoms with Crippen molar-refractivity contribution in [1.82, 2.24) is 10.3 Å². The molecule has 3 nitrogen and oxygen atoms in total. The van der Waals surface area contributed by atoms with Gasteiger partial charge < -0.3 is 5.32 Å². The molecule has 1 atom stereocenters. The molecule has 0 aromatic carbocycles. The topological polar surface area (TPSA) is 42.0 Å². The molecule has 1 unspecified atom stereocenters. The van der Waals surface area contributed by atoms with E-state index in [1.807, 2.05) is 13.8 Å². The third-order valence-electron chi connectivity index (χ3n) is 2.20. The Balaban J connectivity index is 2.57. The number of pyridine rings is 1. The van der Waals surface area contributed by atoms with Crippen LogP contribution in [0.1, 0.15) is 24.2 Å². The van der Waals surface area contributed by atoms with Crippen LogP contribution in [0.5, 0.6) is 0 Å². The lowest BCUT2D eigenvalue weighted by molar-refractivity contribution is 0.0948. The van der Waals surface area contributed by atoms with E-state index < -0.39 is 11.7 Å². The number of nitrogens with one attached hydrogen (secondary N) is 1. The second-order valence-corrected chi connectivity index (χ2v) is 4.39. The highest BCUT2D eigenvalue weighted by Crippen LogP contribution is 2.09. The van der Waals surface area contributed by atoms with Crippen LogP contribution < -0.4 is 5.32 Å². The maximum Gasteiger partial charge on any atom is 0.254 e. The highest BCUT2D eigenvalue weighted by Gasteiger charge is 2.14. The van der Waals surface area contributed by atoms with Crippen molar-refractivity contribution in [3.8, 4) is 0 Å². The van der Waals surface area contributed by atoms with Crippen molar-refractivity contribution in [2.75, 3.05) is 6.54 Å². The van der Waals surface area contributed by atoms with Gasteiger partial charge in [0.1, 0.15) is 0 Å². The summed E-state index contributed by atoms with van der Waals surface area (Å²) in [4.78, 5) is 15.1. The molecule has 16 heavy (non-hydrogen) atoms. The van der Waals surface area contributed by atoms with Crippen LogP contribution in [-0.2, 0) is 0 Å². The summed E-state index contributed by atoms with van der Waals surface area (Å²) in [7, 11) is 0. The van der Waals surface area contributed by atoms with Gasteiger partial charge in [-0.05, 0) is 12.0 Å². The minimum atomic E-state index is -0.629. The second kappa shape index (κ2) is 5.80. The molecule has 88 valence electrons. The molecule has 5 heteroatoms. The summed E-state index contributed by atoms with van der Waals surface area (Å²) >= 11 is 5.97. The van der Waals surface area contributed by atoms with E-state index >= 15 is 0 Å². The Morgan fingerprint density at radius 1 is 1.62 bits per heavy atom. The number of aromatic nitrogens is 1. The first-order valence-electron chi connectivity index (χ1n) is 5.04. The van der Waals surface area contributed by atoms with Gasteiger partial charge in [-0.2, -0.15) is 0 Å². The molecule has 1 rings (SSSR count). The van der Waals surface area contributed by atoms with Crippen molar-refractivity contribution in [2.45, 2.75) is 19.2 Å². The summed E-state index contributed by atoms with van der Waals surface area (Å²) in [6, 6.07) is 1.34. The Kier molecular flexibility index (Phi) is 4.68. The average Bonchev–Trinajstić information content (AvgIpc) is 2.25. The molecular formula is C11H14ClFN2O. The standard InChI is InChI=1S/C11H14ClFN2O/c1-7(2)9(12)5-15-11(16)8-3-4-14-6-10(8)13/h3-4,6-7,9H,5H2,1-2H3,(H,15,16). The fourth-order valence-electron chi connectivity index (χ4n) is 1.08. The first-order valence-corrected chi connectivity index (χ1v) is 5.47. The van der Waals surface area contributed by atoms with E-state index in [9.17, 15) is 9.18 Å². The Bertz CT molecular complexity index is 371. The van der Waals surface area contributed by atoms with Crippen LogP contribution in [0.25, 0.3) is 0 Å². The summed E-state index contributed by atoms with van der Waals surface area (Å²) in [5, 5.41) is 2.42. The Morgan fingerprint density at radius 3 is 2.88 bits per heavy atom. The van der Waals surface area contributed by atoms with E-state index in [1.165, 1.54) is 12.3 Å². The Hall–Kier alpha value is -1.16. The van der Waals surface area contributed by atoms with Crippen molar-refractivity contribution in [1.29, 1.82) is 0 Å². The number of hydrogen-bond donors (Lipinski definition) is 1. The van der Waals surface area contributed by atoms with Crippen molar-refractivity contribution in [2.24, 2.45) is 5.92 Å². The van der Waals surface area contributed by atoms with Crippen molar-refractivity contribution >= 4 is 17.5 Å². The number of halogens is 2. The lowest BCUT2D eigenvalue weighted by atomic mass is 10.1. The third-order valence-corrected chi connectivity index (χ3v) is 2.86. The molecule has 1 aromatic heterocycles. The van der Waals surface area contributed by atoms with Crippen LogP contribution >= 0.6 is 11.6 Å². The van der Waals surface area contributed by atoms with Gasteiger partial charge in [0.25, 0.3) is 5.91 Å². The quantitative estimate of drug-likeness (QED) is 0.826. The maximum absolute atomic E-state index is 13.2. The van der Waals surface area contributed by atoms with E-state index in [0.717, 1.165) is 6.20 Å². The van der Waals surface area contributed by atoms with Gasteiger partial charge in [-0.3, -0.25) is 9.78 Å². The number of nitrogens with zero attached hydrogens (tertiary/aromatic N) is 1. The van der Waals surface area contributed by atoms with Gasteiger partial charge >= 0.3 is 0 Å². The minimum Gasteiger partial charge on any atom is -0.350 e. The van der Waals surface area contributed by atoms with E-state index in [4.69, 9.17) is 11.6 Å². The minimum absolute atomic E-state index is 0.0115. The molecule has 0 saturated heterocycles. The lowest BCUT2D eigenvalue weighted by Crippen LogP contribution is -2.32. The van der Waals surface area contributed by atoms with Crippen LogP contribution in [-0.4, -0.2) is 22.8 Å². The highest BCUT2D eigenvalue weighted by atomic mass is 35.5. The predicted octanol–water partition coefficient (Wildman–Crippen LogP) is 2.21. The zero-order valence-corrected chi connectivity index (χ0v) is 9.96. The third kappa shape index (κ3) is 3.45. The zero-order chi connectivity index (χ0) is 12.1. The fraction of sp³-hybridized carbons (Fsp3) is 0.455. The Morgan fingerprint density at radius 2 is 2.31 bits per heavy atom. The summed E-state index contributed by atoms with van der Waals surface area (Å²) < 4.78 is 13.2. The van der Waals surface area contributed by atoms with Gasteiger partial charge in [0.15, 0.2) is 5.82 Å². The monoisotopic (exact) mass is 244 g/mol. The van der Waals surface area contributed by atoms with Gasteiger partial charge in [0, 0.05) is 12.7 Å². The van der Waals surface area contributed by atoms with Crippen LogP contribution in [0.15, 0.2) is 18.5 Å². The summed E-state index contributed by atoms with van der Waals surface area (Å²) in [6.07, 6.45) is 2.38. The first-order chi connectivity index (χ1) is 7.52. The van der Waals surface area contributed by atoms with Crippen LogP contribution in [0.4, 0.5) is 4.39 Å². The number of carbonyl (C=O) groups excluding carboxylic acids is 1. The average molecular weight is 245 g/mol. The van der Waals surface area contributed by atoms with Gasteiger partial charge in [-0.15, -0.1) is 11.6 Å². The zero-order valence-electron chi connectivity index (χ0n) is 9.21. The molecule has 1 amide bonds. The molecular weight excluding hydrogens is 231 g/mol. The molecule has 1 aromatic rings. The molecule has 0 aliphatic heterocycles. The van der Waals surface area contributed by atoms with Gasteiger partial charge in [-0.25, -0.2) is 4.39 Å². The van der Waals surface area contributed by atoms with Gasteiger partial charge in [0.2, 0.25) is 0 Å². The molecule has 0 saturated carbocycles. The highest BCUT2D eigenvalue weighted by molar-refractivity contribution is 6.21. The Labute approximate surface area is 99.0 Å². The predicted molar refractivity (Wildman–Crippen MR) is 61.0 cm³/mol. The van der Waals surface area contributed by atoms with Crippen LogP contribution in [0.2, 0.25) is 0 Å². The molecule has 0 fully saturated rings. The molecule has 1 N–H and O–H groups in total. The number of hydrogen-bond acceptors (Lipinski definition) is 2. The van der Waals surface area contributed by atoms with E-state index in [0.29, 0.717) is 6.54 Å². The number of rotatable bonds is 4. The summed E-state index contributed by atoms with van der Waals surface area (Å²) in [6.45, 7) is 4.23. The molecule has 0 spiro atoms. The summed E-state index contributed by atoms with van der Waals surface area (Å²) in [5.74, 6) is -0.842. The van der Waals surface area contributed by atoms with E-state index in [1.54, 1.807) is 0 Å². The van der Waals surface area contributed by atoms with Crippen molar-refractivity contribution in [3.05, 3.63) is 29.8 Å². The van der Waals surface area contributed by atoms with Crippen LogP contribution in [0, 0.1) is 11.7 Å². The van der Waals surface area contributed by atoms with Crippen molar-refractivity contribution < 1.29 is 9.18 Å². The van der Waals surface area contributed by atoms with Crippen LogP contribution in [0.3, 0.4) is 0 Å².